The van der Waals surface area contributed by atoms with Gasteiger partial charge in [-0.25, -0.2) is 0 Å². The highest BCUT2D eigenvalue weighted by atomic mass is 19.4. The minimum atomic E-state index is -5.48. The Morgan fingerprint density at radius 1 is 1.00 bits per heavy atom. The number of ketones is 1. The van der Waals surface area contributed by atoms with Crippen LogP contribution in [0.1, 0.15) is 48.2 Å². The molecule has 214 valence electrons. The molecule has 40 heavy (non-hydrogen) atoms. The Labute approximate surface area is 226 Å². The van der Waals surface area contributed by atoms with E-state index in [9.17, 15) is 40.7 Å². The van der Waals surface area contributed by atoms with Crippen molar-refractivity contribution in [2.45, 2.75) is 51.0 Å². The second kappa shape index (κ2) is 9.97. The molecule has 12 heteroatoms. The zero-order valence-corrected chi connectivity index (χ0v) is 21.8. The number of methoxy groups -OCH3 is 1. The van der Waals surface area contributed by atoms with Gasteiger partial charge in [-0.3, -0.25) is 14.4 Å². The first-order chi connectivity index (χ1) is 18.5. The van der Waals surface area contributed by atoms with E-state index in [1.807, 2.05) is 0 Å². The molecule has 0 aromatic heterocycles. The fourth-order valence-corrected chi connectivity index (χ4v) is 5.17. The van der Waals surface area contributed by atoms with E-state index in [1.54, 1.807) is 43.4 Å². The SMILES string of the molecule is COc1ccc(CCN2C(=O)[C@](NC(=O)c3cccc(C(F)(F)F)c3)(C(F)(F)F)C3=C2CC(C)(C)CC3=O)cc1. The van der Waals surface area contributed by atoms with E-state index in [-0.39, 0.29) is 31.5 Å². The van der Waals surface area contributed by atoms with E-state index in [2.05, 4.69) is 0 Å². The number of nitrogens with one attached hydrogen (secondary N) is 1. The van der Waals surface area contributed by atoms with Gasteiger partial charge in [-0.15, -0.1) is 0 Å². The lowest BCUT2D eigenvalue weighted by Gasteiger charge is -2.35. The summed E-state index contributed by atoms with van der Waals surface area (Å²) in [6, 6.07) is 9.47. The molecular weight excluding hydrogens is 542 g/mol. The van der Waals surface area contributed by atoms with Crippen LogP contribution < -0.4 is 10.1 Å². The fourth-order valence-electron chi connectivity index (χ4n) is 5.17. The van der Waals surface area contributed by atoms with Crippen molar-refractivity contribution in [2.24, 2.45) is 5.41 Å². The summed E-state index contributed by atoms with van der Waals surface area (Å²) in [6.45, 7) is 3.12. The van der Waals surface area contributed by atoms with Crippen LogP contribution in [0, 0.1) is 5.41 Å². The van der Waals surface area contributed by atoms with Gasteiger partial charge in [0.05, 0.1) is 18.2 Å². The molecule has 1 N–H and O–H groups in total. The van der Waals surface area contributed by atoms with Crippen molar-refractivity contribution < 1.29 is 45.5 Å². The lowest BCUT2D eigenvalue weighted by atomic mass is 9.72. The molecule has 0 radical (unpaired) electrons. The number of benzene rings is 2. The molecule has 1 aliphatic carbocycles. The third-order valence-corrected chi connectivity index (χ3v) is 7.08. The van der Waals surface area contributed by atoms with Gasteiger partial charge in [-0.05, 0) is 54.2 Å². The Morgan fingerprint density at radius 3 is 2.23 bits per heavy atom. The van der Waals surface area contributed by atoms with Gasteiger partial charge >= 0.3 is 12.4 Å². The predicted molar refractivity (Wildman–Crippen MR) is 131 cm³/mol. The molecule has 1 atom stereocenters. The molecule has 0 saturated heterocycles. The maximum atomic E-state index is 14.9. The Morgan fingerprint density at radius 2 is 1.65 bits per heavy atom. The number of rotatable bonds is 6. The highest BCUT2D eigenvalue weighted by Gasteiger charge is 2.71. The number of Topliss-reactive ketones (excluding diaryl/α,β-unsaturated/α-hetero) is 1. The van der Waals surface area contributed by atoms with Crippen LogP contribution in [0.2, 0.25) is 0 Å². The van der Waals surface area contributed by atoms with Crippen molar-refractivity contribution in [1.82, 2.24) is 10.2 Å². The third kappa shape index (κ3) is 5.18. The number of hydrogen-bond acceptors (Lipinski definition) is 4. The number of amides is 2. The summed E-state index contributed by atoms with van der Waals surface area (Å²) in [5.74, 6) is -3.56. The zero-order valence-electron chi connectivity index (χ0n) is 21.8. The number of carbonyl (C=O) groups is 3. The molecule has 1 aliphatic heterocycles. The summed E-state index contributed by atoms with van der Waals surface area (Å²) in [6.07, 6.45) is -10.6. The molecule has 2 amide bonds. The van der Waals surface area contributed by atoms with Gasteiger partial charge < -0.3 is 15.0 Å². The van der Waals surface area contributed by atoms with Crippen molar-refractivity contribution in [3.63, 3.8) is 0 Å². The average molecular weight is 569 g/mol. The summed E-state index contributed by atoms with van der Waals surface area (Å²) < 4.78 is 89.5. The highest BCUT2D eigenvalue weighted by molar-refractivity contribution is 6.14. The van der Waals surface area contributed by atoms with Crippen LogP contribution in [0.5, 0.6) is 5.75 Å². The Hall–Kier alpha value is -3.83. The second-order valence-corrected chi connectivity index (χ2v) is 10.6. The molecular formula is C28H26F6N2O4. The number of carbonyl (C=O) groups excluding carboxylic acids is 3. The van der Waals surface area contributed by atoms with E-state index >= 15 is 0 Å². The number of allylic oxidation sites excluding steroid dienone is 1. The Balaban J connectivity index is 1.78. The average Bonchev–Trinajstić information content (AvgIpc) is 3.09. The normalized spacial score (nSPS) is 21.0. The van der Waals surface area contributed by atoms with Gasteiger partial charge in [0.15, 0.2) is 5.78 Å². The van der Waals surface area contributed by atoms with Gasteiger partial charge in [-0.2, -0.15) is 26.3 Å². The van der Waals surface area contributed by atoms with Crippen molar-refractivity contribution in [3.8, 4) is 5.75 Å². The zero-order chi connectivity index (χ0) is 29.7. The number of ether oxygens (including phenoxy) is 1. The molecule has 2 aliphatic rings. The van der Waals surface area contributed by atoms with E-state index in [1.165, 1.54) is 7.11 Å². The van der Waals surface area contributed by atoms with Gasteiger partial charge in [0.2, 0.25) is 5.54 Å². The van der Waals surface area contributed by atoms with Crippen molar-refractivity contribution >= 4 is 17.6 Å². The number of alkyl halides is 6. The maximum absolute atomic E-state index is 14.9. The lowest BCUT2D eigenvalue weighted by Crippen LogP contribution is -2.66. The van der Waals surface area contributed by atoms with Crippen LogP contribution in [0.3, 0.4) is 0 Å². The molecule has 2 aromatic rings. The van der Waals surface area contributed by atoms with E-state index < -0.39 is 57.6 Å². The topological polar surface area (TPSA) is 75.7 Å². The molecule has 4 rings (SSSR count). The van der Waals surface area contributed by atoms with Gasteiger partial charge in [0.25, 0.3) is 11.8 Å². The quantitative estimate of drug-likeness (QED) is 0.469. The van der Waals surface area contributed by atoms with Crippen molar-refractivity contribution in [3.05, 3.63) is 76.5 Å². The van der Waals surface area contributed by atoms with Gasteiger partial charge in [-0.1, -0.05) is 32.0 Å². The van der Waals surface area contributed by atoms with Crippen LogP contribution in [-0.2, 0) is 22.2 Å². The molecule has 6 nitrogen and oxygen atoms in total. The standard InChI is InChI=1S/C28H26F6N2O4/c1-25(2)14-20-22(21(37)15-25)26(28(32,33)34,35-23(38)17-5-4-6-18(13-17)27(29,30)31)24(39)36(20)12-11-16-7-9-19(40-3)10-8-16/h4-10,13H,11-12,14-15H2,1-3H3,(H,35,38)/t26-/m0/s1. The van der Waals surface area contributed by atoms with Crippen molar-refractivity contribution in [2.75, 3.05) is 13.7 Å². The first-order valence-corrected chi connectivity index (χ1v) is 12.3. The van der Waals surface area contributed by atoms with Crippen LogP contribution in [-0.4, -0.2) is 47.9 Å². The molecule has 2 aromatic carbocycles. The first kappa shape index (κ1) is 29.2. The third-order valence-electron chi connectivity index (χ3n) is 7.08. The summed E-state index contributed by atoms with van der Waals surface area (Å²) in [5.41, 5.74) is -6.89. The van der Waals surface area contributed by atoms with Crippen LogP contribution >= 0.6 is 0 Å². The molecule has 0 bridgehead atoms. The largest absolute Gasteiger partial charge is 0.497 e. The van der Waals surface area contributed by atoms with Crippen LogP contribution in [0.15, 0.2) is 59.8 Å². The minimum absolute atomic E-state index is 0.0559. The Kier molecular flexibility index (Phi) is 7.27. The molecule has 0 spiro atoms. The smallest absolute Gasteiger partial charge is 0.425 e. The summed E-state index contributed by atoms with van der Waals surface area (Å²) >= 11 is 0. The van der Waals surface area contributed by atoms with Crippen LogP contribution in [0.25, 0.3) is 0 Å². The van der Waals surface area contributed by atoms with E-state index in [4.69, 9.17) is 4.74 Å². The fraction of sp³-hybridized carbons (Fsp3) is 0.393. The van der Waals surface area contributed by atoms with E-state index in [0.717, 1.165) is 17.0 Å². The summed E-state index contributed by atoms with van der Waals surface area (Å²) in [7, 11) is 1.47. The Bertz CT molecular complexity index is 1380. The highest BCUT2D eigenvalue weighted by Crippen LogP contribution is 2.51. The first-order valence-electron chi connectivity index (χ1n) is 12.3. The van der Waals surface area contributed by atoms with Crippen molar-refractivity contribution in [1.29, 1.82) is 0 Å². The number of nitrogens with zero attached hydrogens (tertiary/aromatic N) is 1. The summed E-state index contributed by atoms with van der Waals surface area (Å²) in [5, 5.41) is 1.66. The molecule has 0 fully saturated rings. The summed E-state index contributed by atoms with van der Waals surface area (Å²) in [4.78, 5) is 40.9. The lowest BCUT2D eigenvalue weighted by molar-refractivity contribution is -0.190. The minimum Gasteiger partial charge on any atom is -0.497 e. The second-order valence-electron chi connectivity index (χ2n) is 10.6. The van der Waals surface area contributed by atoms with Crippen LogP contribution in [0.4, 0.5) is 26.3 Å². The van der Waals surface area contributed by atoms with Gasteiger partial charge in [0, 0.05) is 24.2 Å². The van der Waals surface area contributed by atoms with Gasteiger partial charge in [0.1, 0.15) is 5.75 Å². The molecule has 1 heterocycles. The van der Waals surface area contributed by atoms with E-state index in [0.29, 0.717) is 23.4 Å². The number of halogens is 6. The number of hydrogen-bond donors (Lipinski definition) is 1. The molecule has 0 unspecified atom stereocenters. The maximum Gasteiger partial charge on any atom is 0.425 e. The molecule has 0 saturated carbocycles. The predicted octanol–water partition coefficient (Wildman–Crippen LogP) is 5.47. The monoisotopic (exact) mass is 568 g/mol.